The molecule has 0 aromatic heterocycles. The molecule has 1 unspecified atom stereocenters. The van der Waals surface area contributed by atoms with Gasteiger partial charge in [0.2, 0.25) is 0 Å². The summed E-state index contributed by atoms with van der Waals surface area (Å²) in [6.07, 6.45) is 16.3. The smallest absolute Gasteiger partial charge is 0.149 e. The monoisotopic (exact) mass is 319 g/mol. The van der Waals surface area contributed by atoms with E-state index in [0.29, 0.717) is 11.7 Å². The third-order valence-corrected chi connectivity index (χ3v) is 7.10. The summed E-state index contributed by atoms with van der Waals surface area (Å²) in [4.78, 5) is 15.2. The first kappa shape index (κ1) is 17.5. The molecule has 132 valence electrons. The first-order valence-corrected chi connectivity index (χ1v) is 10.5. The third-order valence-electron chi connectivity index (χ3n) is 7.10. The molecule has 0 bridgehead atoms. The van der Waals surface area contributed by atoms with Crippen molar-refractivity contribution in [1.29, 1.82) is 0 Å². The summed E-state index contributed by atoms with van der Waals surface area (Å²) in [5.41, 5.74) is 0. The summed E-state index contributed by atoms with van der Waals surface area (Å²) in [5, 5.41) is 0. The summed E-state index contributed by atoms with van der Waals surface area (Å²) in [5.74, 6) is 3.71. The van der Waals surface area contributed by atoms with E-state index in [9.17, 15) is 4.79 Å². The topological polar surface area (TPSA) is 20.3 Å². The lowest BCUT2D eigenvalue weighted by Gasteiger charge is -2.36. The number of nitrogens with zero attached hydrogens (tertiary/aromatic N) is 1. The van der Waals surface area contributed by atoms with Gasteiger partial charge in [-0.15, -0.1) is 0 Å². The van der Waals surface area contributed by atoms with Crippen LogP contribution in [0.15, 0.2) is 0 Å². The predicted molar refractivity (Wildman–Crippen MR) is 96.5 cm³/mol. The maximum atomic E-state index is 12.7. The Balaban J connectivity index is 1.41. The Morgan fingerprint density at radius 2 is 1.57 bits per heavy atom. The van der Waals surface area contributed by atoms with Crippen LogP contribution in [0.2, 0.25) is 0 Å². The van der Waals surface area contributed by atoms with Crippen molar-refractivity contribution in [1.82, 2.24) is 4.90 Å². The van der Waals surface area contributed by atoms with Crippen LogP contribution in [0.4, 0.5) is 0 Å². The highest BCUT2D eigenvalue weighted by molar-refractivity contribution is 5.83. The third kappa shape index (κ3) is 4.81. The molecule has 2 aliphatic carbocycles. The largest absolute Gasteiger partial charge is 0.298 e. The molecule has 2 saturated carbocycles. The Morgan fingerprint density at radius 3 is 2.26 bits per heavy atom. The van der Waals surface area contributed by atoms with E-state index in [1.54, 1.807) is 0 Å². The van der Waals surface area contributed by atoms with Gasteiger partial charge in [-0.25, -0.2) is 0 Å². The molecule has 1 atom stereocenters. The highest BCUT2D eigenvalue weighted by atomic mass is 16.1. The summed E-state index contributed by atoms with van der Waals surface area (Å²) in [7, 11) is 0. The van der Waals surface area contributed by atoms with Crippen LogP contribution in [0.25, 0.3) is 0 Å². The normalized spacial score (nSPS) is 34.4. The van der Waals surface area contributed by atoms with Crippen LogP contribution < -0.4 is 0 Å². The fourth-order valence-corrected chi connectivity index (χ4v) is 5.50. The number of carbonyl (C=O) groups excluding carboxylic acids is 1. The van der Waals surface area contributed by atoms with Crippen molar-refractivity contribution < 1.29 is 4.79 Å². The van der Waals surface area contributed by atoms with E-state index in [1.807, 2.05) is 0 Å². The molecule has 23 heavy (non-hydrogen) atoms. The Morgan fingerprint density at radius 1 is 0.870 bits per heavy atom. The van der Waals surface area contributed by atoms with Crippen molar-refractivity contribution in [3.8, 4) is 0 Å². The number of carbonyl (C=O) groups is 1. The Labute approximate surface area is 143 Å². The summed E-state index contributed by atoms with van der Waals surface area (Å²) < 4.78 is 0. The molecule has 2 heteroatoms. The van der Waals surface area contributed by atoms with Crippen molar-refractivity contribution in [2.45, 2.75) is 84.0 Å². The second-order valence-corrected chi connectivity index (χ2v) is 8.63. The highest BCUT2D eigenvalue weighted by Gasteiger charge is 2.32. The fourth-order valence-electron chi connectivity index (χ4n) is 5.50. The number of rotatable bonds is 5. The molecule has 0 amide bonds. The van der Waals surface area contributed by atoms with Crippen LogP contribution in [0.3, 0.4) is 0 Å². The zero-order valence-corrected chi connectivity index (χ0v) is 15.3. The van der Waals surface area contributed by atoms with Gasteiger partial charge in [0.1, 0.15) is 5.78 Å². The first-order valence-electron chi connectivity index (χ1n) is 10.5. The minimum Gasteiger partial charge on any atom is -0.298 e. The molecule has 0 aromatic carbocycles. The van der Waals surface area contributed by atoms with Crippen molar-refractivity contribution in [2.75, 3.05) is 19.6 Å². The van der Waals surface area contributed by atoms with Gasteiger partial charge in [-0.05, 0) is 62.8 Å². The van der Waals surface area contributed by atoms with Gasteiger partial charge in [-0.3, -0.25) is 9.69 Å². The second-order valence-electron chi connectivity index (χ2n) is 8.63. The van der Waals surface area contributed by atoms with E-state index in [-0.39, 0.29) is 0 Å². The number of piperidine rings is 1. The van der Waals surface area contributed by atoms with Crippen LogP contribution in [0.1, 0.15) is 84.0 Å². The molecular weight excluding hydrogens is 282 g/mol. The lowest BCUT2D eigenvalue weighted by molar-refractivity contribution is -0.125. The molecule has 3 aliphatic rings. The Hall–Kier alpha value is -0.370. The van der Waals surface area contributed by atoms with E-state index in [2.05, 4.69) is 11.8 Å². The lowest BCUT2D eigenvalue weighted by Crippen LogP contribution is -2.41. The molecule has 0 N–H and O–H groups in total. The van der Waals surface area contributed by atoms with Crippen molar-refractivity contribution in [2.24, 2.45) is 23.7 Å². The van der Waals surface area contributed by atoms with Gasteiger partial charge in [0.25, 0.3) is 0 Å². The maximum Gasteiger partial charge on any atom is 0.149 e. The van der Waals surface area contributed by atoms with E-state index in [1.165, 1.54) is 83.6 Å². The average molecular weight is 320 g/mol. The average Bonchev–Trinajstić information content (AvgIpc) is 2.63. The van der Waals surface area contributed by atoms with Gasteiger partial charge >= 0.3 is 0 Å². The zero-order valence-electron chi connectivity index (χ0n) is 15.3. The molecule has 2 nitrogen and oxygen atoms in total. The van der Waals surface area contributed by atoms with Gasteiger partial charge in [-0.2, -0.15) is 0 Å². The standard InChI is InChI=1S/C21H37NO/c1-2-17-7-6-14-22(15-17)16-21(23)20-12-10-19(11-13-20)18-8-4-3-5-9-18/h17-20H,2-16H2,1H3. The first-order chi connectivity index (χ1) is 11.3. The zero-order chi connectivity index (χ0) is 16.1. The van der Waals surface area contributed by atoms with E-state index < -0.39 is 0 Å². The van der Waals surface area contributed by atoms with Crippen LogP contribution in [-0.2, 0) is 4.79 Å². The minimum absolute atomic E-state index is 0.386. The van der Waals surface area contributed by atoms with Gasteiger partial charge in [0.05, 0.1) is 6.54 Å². The fraction of sp³-hybridized carbons (Fsp3) is 0.952. The van der Waals surface area contributed by atoms with E-state index in [0.717, 1.165) is 30.8 Å². The van der Waals surface area contributed by atoms with Crippen LogP contribution in [0, 0.1) is 23.7 Å². The SMILES string of the molecule is CCC1CCCN(CC(=O)C2CCC(C3CCCCC3)CC2)C1. The predicted octanol–water partition coefficient (Wildman–Crippen LogP) is 5.06. The van der Waals surface area contributed by atoms with Gasteiger partial charge < -0.3 is 0 Å². The van der Waals surface area contributed by atoms with Crippen molar-refractivity contribution in [3.63, 3.8) is 0 Å². The van der Waals surface area contributed by atoms with Crippen molar-refractivity contribution >= 4 is 5.78 Å². The molecule has 1 saturated heterocycles. The minimum atomic E-state index is 0.386. The molecule has 1 heterocycles. The summed E-state index contributed by atoms with van der Waals surface area (Å²) in [6, 6.07) is 0. The molecule has 3 rings (SSSR count). The molecule has 0 aromatic rings. The molecule has 1 aliphatic heterocycles. The maximum absolute atomic E-state index is 12.7. The Kier molecular flexibility index (Phi) is 6.56. The number of ketones is 1. The van der Waals surface area contributed by atoms with Crippen LogP contribution >= 0.6 is 0 Å². The molecule has 0 radical (unpaired) electrons. The van der Waals surface area contributed by atoms with Crippen LogP contribution in [0.5, 0.6) is 0 Å². The van der Waals surface area contributed by atoms with Crippen molar-refractivity contribution in [3.05, 3.63) is 0 Å². The molecule has 0 spiro atoms. The van der Waals surface area contributed by atoms with Crippen LogP contribution in [-0.4, -0.2) is 30.3 Å². The van der Waals surface area contributed by atoms with Gasteiger partial charge in [0, 0.05) is 12.5 Å². The number of likely N-dealkylation sites (tertiary alicyclic amines) is 1. The highest BCUT2D eigenvalue weighted by Crippen LogP contribution is 2.40. The lowest BCUT2D eigenvalue weighted by atomic mass is 9.70. The van der Waals surface area contributed by atoms with E-state index in [4.69, 9.17) is 0 Å². The quantitative estimate of drug-likeness (QED) is 0.705. The second kappa shape index (κ2) is 8.65. The number of hydrogen-bond acceptors (Lipinski definition) is 2. The molecule has 3 fully saturated rings. The van der Waals surface area contributed by atoms with E-state index >= 15 is 0 Å². The summed E-state index contributed by atoms with van der Waals surface area (Å²) >= 11 is 0. The number of Topliss-reactive ketones (excluding diaryl/α,β-unsaturated/α-hetero) is 1. The Bertz CT molecular complexity index is 366. The van der Waals surface area contributed by atoms with Gasteiger partial charge in [-0.1, -0.05) is 45.4 Å². The molecular formula is C21H37NO. The number of hydrogen-bond donors (Lipinski definition) is 0. The van der Waals surface area contributed by atoms with Gasteiger partial charge in [0.15, 0.2) is 0 Å². The summed E-state index contributed by atoms with van der Waals surface area (Å²) in [6.45, 7) is 5.36.